The SMILES string of the molecule is CCn1ncc(OC)c1C(=O)c1cc(C)ccc1OC. The van der Waals surface area contributed by atoms with Crippen LogP contribution in [0.3, 0.4) is 0 Å². The van der Waals surface area contributed by atoms with E-state index in [4.69, 9.17) is 9.47 Å². The Labute approximate surface area is 118 Å². The van der Waals surface area contributed by atoms with Gasteiger partial charge in [-0.25, -0.2) is 0 Å². The van der Waals surface area contributed by atoms with E-state index in [0.29, 0.717) is 29.3 Å². The minimum absolute atomic E-state index is 0.151. The molecule has 5 heteroatoms. The second-order valence-corrected chi connectivity index (χ2v) is 4.41. The van der Waals surface area contributed by atoms with Gasteiger partial charge in [0.2, 0.25) is 5.78 Å². The van der Waals surface area contributed by atoms with Gasteiger partial charge in [0.05, 0.1) is 26.0 Å². The first kappa shape index (κ1) is 14.1. The van der Waals surface area contributed by atoms with Gasteiger partial charge in [0.25, 0.3) is 0 Å². The molecule has 2 rings (SSSR count). The first-order valence-corrected chi connectivity index (χ1v) is 6.41. The van der Waals surface area contributed by atoms with Crippen molar-refractivity contribution < 1.29 is 14.3 Å². The van der Waals surface area contributed by atoms with Crippen molar-refractivity contribution in [3.8, 4) is 11.5 Å². The lowest BCUT2D eigenvalue weighted by Crippen LogP contribution is -2.13. The summed E-state index contributed by atoms with van der Waals surface area (Å²) in [5, 5.41) is 4.16. The number of hydrogen-bond acceptors (Lipinski definition) is 4. The maximum Gasteiger partial charge on any atom is 0.218 e. The zero-order valence-electron chi connectivity index (χ0n) is 12.1. The van der Waals surface area contributed by atoms with Crippen LogP contribution in [0.5, 0.6) is 11.5 Å². The van der Waals surface area contributed by atoms with E-state index in [2.05, 4.69) is 5.10 Å². The molecule has 0 fully saturated rings. The number of nitrogens with zero attached hydrogens (tertiary/aromatic N) is 2. The third-order valence-corrected chi connectivity index (χ3v) is 3.14. The molecule has 0 N–H and O–H groups in total. The second kappa shape index (κ2) is 5.77. The largest absolute Gasteiger partial charge is 0.496 e. The summed E-state index contributed by atoms with van der Waals surface area (Å²) >= 11 is 0. The van der Waals surface area contributed by atoms with Gasteiger partial charge in [0.15, 0.2) is 11.4 Å². The summed E-state index contributed by atoms with van der Waals surface area (Å²) in [6, 6.07) is 5.51. The summed E-state index contributed by atoms with van der Waals surface area (Å²) in [7, 11) is 3.08. The molecule has 0 bridgehead atoms. The minimum atomic E-state index is -0.151. The zero-order chi connectivity index (χ0) is 14.7. The van der Waals surface area contributed by atoms with Crippen molar-refractivity contribution in [1.82, 2.24) is 9.78 Å². The molecule has 0 spiro atoms. The number of carbonyl (C=O) groups excluding carboxylic acids is 1. The van der Waals surface area contributed by atoms with E-state index in [-0.39, 0.29) is 5.78 Å². The molecule has 5 nitrogen and oxygen atoms in total. The molecule has 0 aliphatic heterocycles. The van der Waals surface area contributed by atoms with E-state index in [9.17, 15) is 4.79 Å². The maximum absolute atomic E-state index is 12.8. The van der Waals surface area contributed by atoms with Crippen molar-refractivity contribution in [2.24, 2.45) is 0 Å². The summed E-state index contributed by atoms with van der Waals surface area (Å²) in [5.74, 6) is 0.869. The van der Waals surface area contributed by atoms with Crippen LogP contribution >= 0.6 is 0 Å². The third-order valence-electron chi connectivity index (χ3n) is 3.14. The number of rotatable bonds is 5. The quantitative estimate of drug-likeness (QED) is 0.786. The maximum atomic E-state index is 12.8. The molecule has 0 saturated carbocycles. The molecule has 0 atom stereocenters. The monoisotopic (exact) mass is 274 g/mol. The Morgan fingerprint density at radius 1 is 1.25 bits per heavy atom. The lowest BCUT2D eigenvalue weighted by molar-refractivity contribution is 0.102. The molecule has 0 aliphatic rings. The van der Waals surface area contributed by atoms with E-state index in [1.54, 1.807) is 24.1 Å². The lowest BCUT2D eigenvalue weighted by atomic mass is 10.0. The van der Waals surface area contributed by atoms with E-state index in [1.165, 1.54) is 7.11 Å². The van der Waals surface area contributed by atoms with Gasteiger partial charge in [0, 0.05) is 6.54 Å². The van der Waals surface area contributed by atoms with Crippen LogP contribution in [0.15, 0.2) is 24.4 Å². The van der Waals surface area contributed by atoms with E-state index >= 15 is 0 Å². The first-order chi connectivity index (χ1) is 9.62. The van der Waals surface area contributed by atoms with E-state index in [0.717, 1.165) is 5.56 Å². The van der Waals surface area contributed by atoms with Crippen molar-refractivity contribution >= 4 is 5.78 Å². The Bertz CT molecular complexity index is 611. The highest BCUT2D eigenvalue weighted by Gasteiger charge is 2.23. The predicted octanol–water partition coefficient (Wildman–Crippen LogP) is 2.46. The fraction of sp³-hybridized carbons (Fsp3) is 0.333. The van der Waals surface area contributed by atoms with Gasteiger partial charge in [-0.1, -0.05) is 11.6 Å². The molecule has 2 aromatic rings. The van der Waals surface area contributed by atoms with Crippen LogP contribution in [-0.2, 0) is 6.54 Å². The molecule has 0 radical (unpaired) electrons. The Morgan fingerprint density at radius 3 is 2.55 bits per heavy atom. The smallest absolute Gasteiger partial charge is 0.218 e. The standard InChI is InChI=1S/C15H18N2O3/c1-5-17-14(13(20-4)9-16-17)15(18)11-8-10(2)6-7-12(11)19-3/h6-9H,5H2,1-4H3. The molecule has 0 unspecified atom stereocenters. The molecule has 1 heterocycles. The van der Waals surface area contributed by atoms with Gasteiger partial charge in [0.1, 0.15) is 5.75 Å². The van der Waals surface area contributed by atoms with Crippen molar-refractivity contribution in [1.29, 1.82) is 0 Å². The number of ketones is 1. The molecule has 0 saturated heterocycles. The number of methoxy groups -OCH3 is 2. The van der Waals surface area contributed by atoms with Gasteiger partial charge in [-0.3, -0.25) is 9.48 Å². The van der Waals surface area contributed by atoms with E-state index < -0.39 is 0 Å². The van der Waals surface area contributed by atoms with Crippen molar-refractivity contribution in [3.63, 3.8) is 0 Å². The Kier molecular flexibility index (Phi) is 4.08. The molecule has 1 aromatic heterocycles. The molecular weight excluding hydrogens is 256 g/mol. The first-order valence-electron chi connectivity index (χ1n) is 6.41. The molecule has 1 aromatic carbocycles. The average molecular weight is 274 g/mol. The van der Waals surface area contributed by atoms with Crippen molar-refractivity contribution in [2.45, 2.75) is 20.4 Å². The fourth-order valence-electron chi connectivity index (χ4n) is 2.11. The summed E-state index contributed by atoms with van der Waals surface area (Å²) in [5.41, 5.74) is 1.95. The molecule has 0 amide bonds. The normalized spacial score (nSPS) is 10.4. The Balaban J connectivity index is 2.56. The summed E-state index contributed by atoms with van der Waals surface area (Å²) in [6.07, 6.45) is 1.55. The minimum Gasteiger partial charge on any atom is -0.496 e. The number of aryl methyl sites for hydroxylation is 2. The number of aromatic nitrogens is 2. The van der Waals surface area contributed by atoms with Gasteiger partial charge >= 0.3 is 0 Å². The van der Waals surface area contributed by atoms with Crippen LogP contribution < -0.4 is 9.47 Å². The molecule has 20 heavy (non-hydrogen) atoms. The molecular formula is C15H18N2O3. The van der Waals surface area contributed by atoms with Gasteiger partial charge < -0.3 is 9.47 Å². The third kappa shape index (κ3) is 2.39. The number of carbonyl (C=O) groups is 1. The van der Waals surface area contributed by atoms with Crippen molar-refractivity contribution in [2.75, 3.05) is 14.2 Å². The highest BCUT2D eigenvalue weighted by atomic mass is 16.5. The van der Waals surface area contributed by atoms with Crippen LogP contribution in [0.25, 0.3) is 0 Å². The Morgan fingerprint density at radius 2 is 1.95 bits per heavy atom. The highest BCUT2D eigenvalue weighted by Crippen LogP contribution is 2.27. The second-order valence-electron chi connectivity index (χ2n) is 4.41. The topological polar surface area (TPSA) is 53.4 Å². The van der Waals surface area contributed by atoms with Gasteiger partial charge in [-0.2, -0.15) is 5.10 Å². The number of hydrogen-bond donors (Lipinski definition) is 0. The van der Waals surface area contributed by atoms with Gasteiger partial charge in [-0.15, -0.1) is 0 Å². The predicted molar refractivity (Wildman–Crippen MR) is 75.6 cm³/mol. The zero-order valence-corrected chi connectivity index (χ0v) is 12.1. The highest BCUT2D eigenvalue weighted by molar-refractivity contribution is 6.11. The lowest BCUT2D eigenvalue weighted by Gasteiger charge is -2.10. The summed E-state index contributed by atoms with van der Waals surface area (Å²) in [4.78, 5) is 12.8. The fourth-order valence-corrected chi connectivity index (χ4v) is 2.11. The molecule has 0 aliphatic carbocycles. The van der Waals surface area contributed by atoms with Gasteiger partial charge in [-0.05, 0) is 26.0 Å². The van der Waals surface area contributed by atoms with Crippen LogP contribution in [-0.4, -0.2) is 29.8 Å². The van der Waals surface area contributed by atoms with Crippen LogP contribution in [0.1, 0.15) is 28.5 Å². The van der Waals surface area contributed by atoms with Crippen LogP contribution in [0.2, 0.25) is 0 Å². The van der Waals surface area contributed by atoms with Crippen LogP contribution in [0, 0.1) is 6.92 Å². The average Bonchev–Trinajstić information content (AvgIpc) is 2.89. The summed E-state index contributed by atoms with van der Waals surface area (Å²) in [6.45, 7) is 4.46. The number of benzene rings is 1. The van der Waals surface area contributed by atoms with E-state index in [1.807, 2.05) is 26.0 Å². The van der Waals surface area contributed by atoms with Crippen molar-refractivity contribution in [3.05, 3.63) is 41.2 Å². The number of ether oxygens (including phenoxy) is 2. The molecule has 106 valence electrons. The van der Waals surface area contributed by atoms with Crippen LogP contribution in [0.4, 0.5) is 0 Å². The Hall–Kier alpha value is -2.30. The summed E-state index contributed by atoms with van der Waals surface area (Å²) < 4.78 is 12.1.